The standard InChI is InChI=1S/C19H30N2O.C2H6/c1-5-8-9-10-11-12-13-16(4)19(14-17(19)15-20)18(22)21(6-2)7-3;1-2/h1,9-10,12-13,16-17H,6-8,11,14-15,20H2,2-4H3;1-2H3/b10-9-,13-12-;/t16?,17-,19-;/m1./s1. The Morgan fingerprint density at radius 3 is 2.42 bits per heavy atom. The van der Waals surface area contributed by atoms with Gasteiger partial charge in [0.1, 0.15) is 0 Å². The molecule has 1 amide bonds. The third kappa shape index (κ3) is 5.53. The second-order valence-corrected chi connectivity index (χ2v) is 5.99. The first-order valence-electron chi connectivity index (χ1n) is 9.32. The van der Waals surface area contributed by atoms with Gasteiger partial charge in [0.15, 0.2) is 0 Å². The molecule has 24 heavy (non-hydrogen) atoms. The summed E-state index contributed by atoms with van der Waals surface area (Å²) < 4.78 is 0. The average Bonchev–Trinajstić information content (AvgIpc) is 3.36. The Hall–Kier alpha value is -1.53. The third-order valence-corrected chi connectivity index (χ3v) is 4.80. The number of allylic oxidation sites excluding steroid dienone is 4. The number of hydrogen-bond donors (Lipinski definition) is 1. The highest BCUT2D eigenvalue weighted by atomic mass is 16.2. The summed E-state index contributed by atoms with van der Waals surface area (Å²) in [6.45, 7) is 12.3. The van der Waals surface area contributed by atoms with Gasteiger partial charge in [-0.15, -0.1) is 12.3 Å². The van der Waals surface area contributed by atoms with Gasteiger partial charge in [-0.3, -0.25) is 4.79 Å². The molecular formula is C21H36N2O. The third-order valence-electron chi connectivity index (χ3n) is 4.80. The Bertz CT molecular complexity index is 457. The number of carbonyl (C=O) groups excluding carboxylic acids is 1. The first kappa shape index (κ1) is 22.5. The summed E-state index contributed by atoms with van der Waals surface area (Å²) in [4.78, 5) is 14.8. The molecule has 1 saturated carbocycles. The molecule has 1 aliphatic rings. The van der Waals surface area contributed by atoms with Gasteiger partial charge in [0.2, 0.25) is 5.91 Å². The van der Waals surface area contributed by atoms with E-state index < -0.39 is 0 Å². The number of carbonyl (C=O) groups is 1. The van der Waals surface area contributed by atoms with Crippen molar-refractivity contribution >= 4 is 5.91 Å². The number of hydrogen-bond acceptors (Lipinski definition) is 2. The Morgan fingerprint density at radius 2 is 1.96 bits per heavy atom. The summed E-state index contributed by atoms with van der Waals surface area (Å²) in [7, 11) is 0. The van der Waals surface area contributed by atoms with Gasteiger partial charge in [-0.25, -0.2) is 0 Å². The molecular weight excluding hydrogens is 296 g/mol. The van der Waals surface area contributed by atoms with Crippen LogP contribution in [0.1, 0.15) is 53.9 Å². The van der Waals surface area contributed by atoms with Gasteiger partial charge in [-0.2, -0.15) is 0 Å². The molecule has 0 heterocycles. The predicted molar refractivity (Wildman–Crippen MR) is 104 cm³/mol. The lowest BCUT2D eigenvalue weighted by Crippen LogP contribution is -2.41. The van der Waals surface area contributed by atoms with Crippen molar-refractivity contribution < 1.29 is 4.79 Å². The summed E-state index contributed by atoms with van der Waals surface area (Å²) >= 11 is 0. The molecule has 3 atom stereocenters. The first-order valence-corrected chi connectivity index (χ1v) is 9.32. The van der Waals surface area contributed by atoms with E-state index in [9.17, 15) is 4.79 Å². The van der Waals surface area contributed by atoms with Crippen LogP contribution in [0.4, 0.5) is 0 Å². The van der Waals surface area contributed by atoms with Crippen LogP contribution in [0.25, 0.3) is 0 Å². The predicted octanol–water partition coefficient (Wildman–Crippen LogP) is 4.01. The molecule has 3 nitrogen and oxygen atoms in total. The maximum atomic E-state index is 12.9. The number of rotatable bonds is 9. The molecule has 0 aromatic rings. The number of nitrogens with zero attached hydrogens (tertiary/aromatic N) is 1. The topological polar surface area (TPSA) is 46.3 Å². The Kier molecular flexibility index (Phi) is 11.2. The van der Waals surface area contributed by atoms with Gasteiger partial charge in [-0.1, -0.05) is 45.1 Å². The van der Waals surface area contributed by atoms with Crippen LogP contribution >= 0.6 is 0 Å². The summed E-state index contributed by atoms with van der Waals surface area (Å²) in [6.07, 6.45) is 16.0. The van der Waals surface area contributed by atoms with E-state index in [1.807, 2.05) is 38.7 Å². The molecule has 0 aromatic carbocycles. The van der Waals surface area contributed by atoms with Crippen LogP contribution < -0.4 is 5.73 Å². The van der Waals surface area contributed by atoms with Gasteiger partial charge >= 0.3 is 0 Å². The summed E-state index contributed by atoms with van der Waals surface area (Å²) in [6, 6.07) is 0. The SMILES string of the molecule is C#CC/C=C\C/C=C\C(C)[C@]1(C(=O)N(CC)CC)C[C@@H]1CN.CC. The normalized spacial score (nSPS) is 23.5. The number of nitrogens with two attached hydrogens (primary N) is 1. The van der Waals surface area contributed by atoms with E-state index in [2.05, 4.69) is 31.1 Å². The largest absolute Gasteiger partial charge is 0.343 e. The maximum Gasteiger partial charge on any atom is 0.229 e. The van der Waals surface area contributed by atoms with Gasteiger partial charge in [0.25, 0.3) is 0 Å². The van der Waals surface area contributed by atoms with Crippen molar-refractivity contribution in [1.82, 2.24) is 4.90 Å². The van der Waals surface area contributed by atoms with Crippen LogP contribution in [0.3, 0.4) is 0 Å². The fourth-order valence-electron chi connectivity index (χ4n) is 3.24. The highest BCUT2D eigenvalue weighted by molar-refractivity contribution is 5.86. The number of amides is 1. The van der Waals surface area contributed by atoms with Crippen molar-refractivity contribution in [3.8, 4) is 12.3 Å². The van der Waals surface area contributed by atoms with E-state index in [0.29, 0.717) is 18.9 Å². The molecule has 1 aliphatic carbocycles. The molecule has 0 radical (unpaired) electrons. The molecule has 0 spiro atoms. The Labute approximate surface area is 149 Å². The second kappa shape index (κ2) is 11.9. The Morgan fingerprint density at radius 1 is 1.33 bits per heavy atom. The molecule has 1 unspecified atom stereocenters. The minimum Gasteiger partial charge on any atom is -0.343 e. The molecule has 0 aromatic heterocycles. The van der Waals surface area contributed by atoms with E-state index in [4.69, 9.17) is 12.2 Å². The van der Waals surface area contributed by atoms with E-state index in [0.717, 1.165) is 25.9 Å². The van der Waals surface area contributed by atoms with E-state index >= 15 is 0 Å². The van der Waals surface area contributed by atoms with Gasteiger partial charge in [0.05, 0.1) is 5.41 Å². The summed E-state index contributed by atoms with van der Waals surface area (Å²) in [5.74, 6) is 3.39. The van der Waals surface area contributed by atoms with Crippen molar-refractivity contribution in [3.63, 3.8) is 0 Å². The quantitative estimate of drug-likeness (QED) is 0.512. The fraction of sp³-hybridized carbons (Fsp3) is 0.667. The van der Waals surface area contributed by atoms with Crippen LogP contribution in [0.5, 0.6) is 0 Å². The van der Waals surface area contributed by atoms with E-state index in [-0.39, 0.29) is 17.2 Å². The lowest BCUT2D eigenvalue weighted by atomic mass is 9.86. The zero-order valence-electron chi connectivity index (χ0n) is 16.2. The van der Waals surface area contributed by atoms with Crippen LogP contribution in [0, 0.1) is 29.6 Å². The maximum absolute atomic E-state index is 12.9. The molecule has 0 aliphatic heterocycles. The Balaban J connectivity index is 0.00000254. The van der Waals surface area contributed by atoms with E-state index in [1.165, 1.54) is 0 Å². The first-order chi connectivity index (χ1) is 11.6. The zero-order valence-corrected chi connectivity index (χ0v) is 16.2. The van der Waals surface area contributed by atoms with Crippen LogP contribution in [0.15, 0.2) is 24.3 Å². The molecule has 3 heteroatoms. The highest BCUT2D eigenvalue weighted by Gasteiger charge is 2.62. The van der Waals surface area contributed by atoms with Crippen molar-refractivity contribution in [2.45, 2.75) is 53.9 Å². The highest BCUT2D eigenvalue weighted by Crippen LogP contribution is 2.58. The average molecular weight is 333 g/mol. The lowest BCUT2D eigenvalue weighted by Gasteiger charge is -2.29. The van der Waals surface area contributed by atoms with Crippen LogP contribution in [-0.2, 0) is 4.79 Å². The van der Waals surface area contributed by atoms with Gasteiger partial charge in [-0.05, 0) is 45.1 Å². The molecule has 1 rings (SSSR count). The summed E-state index contributed by atoms with van der Waals surface area (Å²) in [5, 5.41) is 0. The molecule has 136 valence electrons. The van der Waals surface area contributed by atoms with Crippen molar-refractivity contribution in [3.05, 3.63) is 24.3 Å². The molecule has 1 fully saturated rings. The van der Waals surface area contributed by atoms with Crippen molar-refractivity contribution in [1.29, 1.82) is 0 Å². The van der Waals surface area contributed by atoms with Crippen LogP contribution in [0.2, 0.25) is 0 Å². The second-order valence-electron chi connectivity index (χ2n) is 5.99. The van der Waals surface area contributed by atoms with Crippen LogP contribution in [-0.4, -0.2) is 30.4 Å². The van der Waals surface area contributed by atoms with Gasteiger partial charge in [0, 0.05) is 19.5 Å². The molecule has 0 bridgehead atoms. The van der Waals surface area contributed by atoms with Crippen molar-refractivity contribution in [2.75, 3.05) is 19.6 Å². The van der Waals surface area contributed by atoms with Crippen molar-refractivity contribution in [2.24, 2.45) is 23.0 Å². The minimum atomic E-state index is -0.278. The number of terminal acetylenes is 1. The van der Waals surface area contributed by atoms with E-state index in [1.54, 1.807) is 0 Å². The smallest absolute Gasteiger partial charge is 0.229 e. The van der Waals surface area contributed by atoms with Gasteiger partial charge < -0.3 is 10.6 Å². The summed E-state index contributed by atoms with van der Waals surface area (Å²) in [5.41, 5.74) is 5.57. The zero-order chi connectivity index (χ0) is 18.6. The molecule has 0 saturated heterocycles. The fourth-order valence-corrected chi connectivity index (χ4v) is 3.24. The molecule has 2 N–H and O–H groups in total. The minimum absolute atomic E-state index is 0.218. The monoisotopic (exact) mass is 332 g/mol. The lowest BCUT2D eigenvalue weighted by molar-refractivity contribution is -0.138.